The minimum absolute atomic E-state index is 0.795. The zero-order valence-electron chi connectivity index (χ0n) is 12.9. The first-order valence-electron chi connectivity index (χ1n) is 8.14. The van der Waals surface area contributed by atoms with Crippen molar-refractivity contribution in [3.05, 3.63) is 29.3 Å². The van der Waals surface area contributed by atoms with Crippen LogP contribution in [0.1, 0.15) is 19.3 Å². The third-order valence-corrected chi connectivity index (χ3v) is 5.28. The van der Waals surface area contributed by atoms with E-state index in [2.05, 4.69) is 22.2 Å². The molecule has 0 aromatic heterocycles. The summed E-state index contributed by atoms with van der Waals surface area (Å²) in [5, 5.41) is 4.28. The van der Waals surface area contributed by atoms with Crippen molar-refractivity contribution in [2.24, 2.45) is 5.92 Å². The van der Waals surface area contributed by atoms with Crippen molar-refractivity contribution in [1.29, 1.82) is 0 Å². The predicted molar refractivity (Wildman–Crippen MR) is 90.1 cm³/mol. The van der Waals surface area contributed by atoms with Crippen molar-refractivity contribution in [2.45, 2.75) is 25.3 Å². The zero-order chi connectivity index (χ0) is 14.7. The Bertz CT molecular complexity index is 448. The van der Waals surface area contributed by atoms with Crippen LogP contribution in [0.4, 0.5) is 5.69 Å². The first-order chi connectivity index (χ1) is 10.2. The van der Waals surface area contributed by atoms with Gasteiger partial charge in [-0.2, -0.15) is 0 Å². The van der Waals surface area contributed by atoms with Gasteiger partial charge in [-0.1, -0.05) is 11.6 Å². The third kappa shape index (κ3) is 3.91. The molecule has 2 heterocycles. The summed E-state index contributed by atoms with van der Waals surface area (Å²) >= 11 is 5.90. The molecule has 1 aromatic rings. The maximum absolute atomic E-state index is 5.90. The summed E-state index contributed by atoms with van der Waals surface area (Å²) in [7, 11) is 2.30. The summed E-state index contributed by atoms with van der Waals surface area (Å²) < 4.78 is 0. The van der Waals surface area contributed by atoms with Gasteiger partial charge in [-0.15, -0.1) is 0 Å². The van der Waals surface area contributed by atoms with Crippen molar-refractivity contribution in [1.82, 2.24) is 9.80 Å². The maximum Gasteiger partial charge on any atom is 0.0407 e. The van der Waals surface area contributed by atoms with Crippen LogP contribution in [-0.2, 0) is 0 Å². The van der Waals surface area contributed by atoms with Gasteiger partial charge >= 0.3 is 0 Å². The van der Waals surface area contributed by atoms with E-state index >= 15 is 0 Å². The number of halogens is 1. The first-order valence-corrected chi connectivity index (χ1v) is 8.52. The number of rotatable bonds is 4. The van der Waals surface area contributed by atoms with Crippen molar-refractivity contribution in [3.8, 4) is 0 Å². The summed E-state index contributed by atoms with van der Waals surface area (Å²) in [4.78, 5) is 5.21. The van der Waals surface area contributed by atoms with Gasteiger partial charge in [0, 0.05) is 36.4 Å². The van der Waals surface area contributed by atoms with Gasteiger partial charge in [0.25, 0.3) is 0 Å². The van der Waals surface area contributed by atoms with Crippen molar-refractivity contribution in [2.75, 3.05) is 45.1 Å². The summed E-state index contributed by atoms with van der Waals surface area (Å²) in [5.74, 6) is 0.882. The molecule has 3 nitrogen and oxygen atoms in total. The quantitative estimate of drug-likeness (QED) is 0.922. The van der Waals surface area contributed by atoms with Gasteiger partial charge in [-0.3, -0.25) is 0 Å². The van der Waals surface area contributed by atoms with Crippen LogP contribution in [0.2, 0.25) is 5.02 Å². The predicted octanol–water partition coefficient (Wildman–Crippen LogP) is 3.17. The molecule has 0 radical (unpaired) electrons. The lowest BCUT2D eigenvalue weighted by Gasteiger charge is -2.46. The highest BCUT2D eigenvalue weighted by molar-refractivity contribution is 6.30. The average Bonchev–Trinajstić information content (AvgIpc) is 2.49. The van der Waals surface area contributed by atoms with E-state index in [0.717, 1.165) is 35.8 Å². The van der Waals surface area contributed by atoms with Crippen LogP contribution in [0.5, 0.6) is 0 Å². The largest absolute Gasteiger partial charge is 0.384 e. The van der Waals surface area contributed by atoms with E-state index in [1.54, 1.807) is 0 Å². The Morgan fingerprint density at radius 1 is 1.19 bits per heavy atom. The van der Waals surface area contributed by atoms with Gasteiger partial charge in [-0.25, -0.2) is 0 Å². The van der Waals surface area contributed by atoms with Crippen molar-refractivity contribution in [3.63, 3.8) is 0 Å². The fourth-order valence-electron chi connectivity index (χ4n) is 3.86. The molecule has 2 fully saturated rings. The highest BCUT2D eigenvalue weighted by atomic mass is 35.5. The van der Waals surface area contributed by atoms with E-state index in [1.807, 2.05) is 24.3 Å². The van der Waals surface area contributed by atoms with Gasteiger partial charge in [0.05, 0.1) is 0 Å². The number of hydrogen-bond acceptors (Lipinski definition) is 3. The molecule has 0 spiro atoms. The second-order valence-electron chi connectivity index (χ2n) is 6.47. The average molecular weight is 308 g/mol. The molecule has 0 aliphatic carbocycles. The summed E-state index contributed by atoms with van der Waals surface area (Å²) in [6.45, 7) is 5.95. The third-order valence-electron chi connectivity index (χ3n) is 5.03. The van der Waals surface area contributed by atoms with E-state index in [0.29, 0.717) is 0 Å². The van der Waals surface area contributed by atoms with E-state index in [9.17, 15) is 0 Å². The molecule has 2 unspecified atom stereocenters. The molecular weight excluding hydrogens is 282 g/mol. The van der Waals surface area contributed by atoms with Gasteiger partial charge in [0.1, 0.15) is 0 Å². The molecule has 116 valence electrons. The van der Waals surface area contributed by atoms with Crippen LogP contribution in [-0.4, -0.2) is 55.6 Å². The van der Waals surface area contributed by atoms with E-state index in [4.69, 9.17) is 11.6 Å². The molecule has 0 bridgehead atoms. The smallest absolute Gasteiger partial charge is 0.0407 e. The molecule has 2 atom stereocenters. The molecule has 21 heavy (non-hydrogen) atoms. The van der Waals surface area contributed by atoms with Crippen LogP contribution in [0.15, 0.2) is 24.3 Å². The normalized spacial score (nSPS) is 27.3. The Morgan fingerprint density at radius 2 is 2.00 bits per heavy atom. The van der Waals surface area contributed by atoms with E-state index < -0.39 is 0 Å². The summed E-state index contributed by atoms with van der Waals surface area (Å²) in [5.41, 5.74) is 1.16. The minimum atomic E-state index is 0.795. The molecular formula is C17H26ClN3. The van der Waals surface area contributed by atoms with Crippen LogP contribution in [0.3, 0.4) is 0 Å². The highest BCUT2D eigenvalue weighted by Gasteiger charge is 2.33. The molecule has 0 amide bonds. The molecule has 2 saturated heterocycles. The lowest BCUT2D eigenvalue weighted by molar-refractivity contribution is 0.0403. The lowest BCUT2D eigenvalue weighted by Crippen LogP contribution is -2.53. The number of hydrogen-bond donors (Lipinski definition) is 1. The number of benzene rings is 1. The highest BCUT2D eigenvalue weighted by Crippen LogP contribution is 2.29. The van der Waals surface area contributed by atoms with Gasteiger partial charge in [0.15, 0.2) is 0 Å². The van der Waals surface area contributed by atoms with E-state index in [-0.39, 0.29) is 0 Å². The monoisotopic (exact) mass is 307 g/mol. The number of piperidine rings is 2. The second kappa shape index (κ2) is 6.99. The zero-order valence-corrected chi connectivity index (χ0v) is 13.6. The van der Waals surface area contributed by atoms with E-state index in [1.165, 1.54) is 38.9 Å². The van der Waals surface area contributed by atoms with Crippen LogP contribution >= 0.6 is 11.6 Å². The molecule has 1 N–H and O–H groups in total. The van der Waals surface area contributed by atoms with Crippen LogP contribution < -0.4 is 5.32 Å². The van der Waals surface area contributed by atoms with Crippen molar-refractivity contribution >= 4 is 17.3 Å². The molecule has 4 heteroatoms. The Kier molecular flexibility index (Phi) is 5.04. The Balaban J connectivity index is 1.43. The summed E-state index contributed by atoms with van der Waals surface area (Å²) in [6, 6.07) is 8.80. The second-order valence-corrected chi connectivity index (χ2v) is 6.91. The van der Waals surface area contributed by atoms with Crippen molar-refractivity contribution < 1.29 is 0 Å². The number of anilines is 1. The van der Waals surface area contributed by atoms with Gasteiger partial charge in [-0.05, 0) is 69.6 Å². The topological polar surface area (TPSA) is 18.5 Å². The van der Waals surface area contributed by atoms with Crippen LogP contribution in [0, 0.1) is 5.92 Å². The SMILES string of the molecule is CN1CCCC2CN(CCNc3ccc(Cl)cc3)CCC21. The Morgan fingerprint density at radius 3 is 2.81 bits per heavy atom. The number of nitrogens with one attached hydrogen (secondary N) is 1. The standard InChI is InChI=1S/C17H26ClN3/c1-20-10-2-3-14-13-21(11-8-17(14)20)12-9-19-16-6-4-15(18)5-7-16/h4-7,14,17,19H,2-3,8-13H2,1H3. The molecule has 0 saturated carbocycles. The fourth-order valence-corrected chi connectivity index (χ4v) is 3.98. The fraction of sp³-hybridized carbons (Fsp3) is 0.647. The first kappa shape index (κ1) is 15.1. The van der Waals surface area contributed by atoms with Crippen LogP contribution in [0.25, 0.3) is 0 Å². The molecule has 2 aliphatic heterocycles. The lowest BCUT2D eigenvalue weighted by atomic mass is 9.84. The van der Waals surface area contributed by atoms with Gasteiger partial charge in [0.2, 0.25) is 0 Å². The Hall–Kier alpha value is -0.770. The number of nitrogens with zero attached hydrogens (tertiary/aromatic N) is 2. The van der Waals surface area contributed by atoms with Gasteiger partial charge < -0.3 is 15.1 Å². The minimum Gasteiger partial charge on any atom is -0.384 e. The molecule has 1 aromatic carbocycles. The Labute approximate surface area is 133 Å². The summed E-state index contributed by atoms with van der Waals surface area (Å²) in [6.07, 6.45) is 4.12. The number of likely N-dealkylation sites (tertiary alicyclic amines) is 2. The maximum atomic E-state index is 5.90. The molecule has 2 aliphatic rings. The number of fused-ring (bicyclic) bond motifs is 1. The molecule has 3 rings (SSSR count).